The highest BCUT2D eigenvalue weighted by Crippen LogP contribution is 2.21. The second kappa shape index (κ2) is 7.11. The van der Waals surface area contributed by atoms with Crippen LogP contribution < -0.4 is 0 Å². The van der Waals surface area contributed by atoms with Gasteiger partial charge in [0.1, 0.15) is 5.56 Å². The number of ether oxygens (including phenoxy) is 1. The normalized spacial score (nSPS) is 12.1. The van der Waals surface area contributed by atoms with Crippen LogP contribution in [-0.2, 0) is 4.74 Å². The van der Waals surface area contributed by atoms with Crippen molar-refractivity contribution in [3.05, 3.63) is 77.9 Å². The molecule has 0 aliphatic heterocycles. The van der Waals surface area contributed by atoms with Crippen LogP contribution in [0.1, 0.15) is 33.3 Å². The Hall–Kier alpha value is -3.74. The number of esters is 1. The molecule has 0 amide bonds. The summed E-state index contributed by atoms with van der Waals surface area (Å²) < 4.78 is 6.98. The molecule has 4 aromatic rings. The van der Waals surface area contributed by atoms with E-state index in [1.54, 1.807) is 43.1 Å². The van der Waals surface area contributed by atoms with Crippen LogP contribution in [0.15, 0.2) is 61.1 Å². The molecule has 0 bridgehead atoms. The molecule has 0 spiro atoms. The van der Waals surface area contributed by atoms with Gasteiger partial charge in [0.15, 0.2) is 11.9 Å². The van der Waals surface area contributed by atoms with Crippen LogP contribution in [0.3, 0.4) is 0 Å². The summed E-state index contributed by atoms with van der Waals surface area (Å²) >= 11 is 0. The van der Waals surface area contributed by atoms with Gasteiger partial charge in [-0.25, -0.2) is 14.5 Å². The van der Waals surface area contributed by atoms with E-state index >= 15 is 0 Å². The number of carbonyl (C=O) groups is 2. The number of carbonyl (C=O) groups excluding carboxylic acids is 2. The minimum Gasteiger partial charge on any atom is -0.451 e. The predicted molar refractivity (Wildman–Crippen MR) is 104 cm³/mol. The fourth-order valence-corrected chi connectivity index (χ4v) is 3.09. The summed E-state index contributed by atoms with van der Waals surface area (Å²) in [5.74, 6) is -0.261. The molecule has 0 fully saturated rings. The molecule has 7 heteroatoms. The number of nitrogens with one attached hydrogen (secondary N) is 1. The van der Waals surface area contributed by atoms with E-state index in [2.05, 4.69) is 15.1 Å². The van der Waals surface area contributed by atoms with Gasteiger partial charge in [-0.05, 0) is 32.0 Å². The van der Waals surface area contributed by atoms with Crippen molar-refractivity contribution in [2.45, 2.75) is 20.0 Å². The van der Waals surface area contributed by atoms with E-state index in [0.717, 1.165) is 10.9 Å². The Morgan fingerprint density at radius 1 is 1.11 bits per heavy atom. The number of fused-ring (bicyclic) bond motifs is 1. The topological polar surface area (TPSA) is 89.9 Å². The van der Waals surface area contributed by atoms with Gasteiger partial charge in [-0.15, -0.1) is 0 Å². The summed E-state index contributed by atoms with van der Waals surface area (Å²) in [5.41, 5.74) is 2.24. The number of aromatic nitrogens is 4. The number of rotatable bonds is 5. The minimum atomic E-state index is -0.927. The molecule has 0 radical (unpaired) electrons. The van der Waals surface area contributed by atoms with E-state index in [-0.39, 0.29) is 5.78 Å². The summed E-state index contributed by atoms with van der Waals surface area (Å²) in [6, 6.07) is 12.9. The van der Waals surface area contributed by atoms with Crippen molar-refractivity contribution in [3.63, 3.8) is 0 Å². The minimum absolute atomic E-state index is 0.263. The maximum Gasteiger partial charge on any atom is 0.342 e. The van der Waals surface area contributed by atoms with Gasteiger partial charge in [-0.1, -0.05) is 24.3 Å². The van der Waals surface area contributed by atoms with E-state index < -0.39 is 12.1 Å². The van der Waals surface area contributed by atoms with Crippen molar-refractivity contribution in [2.24, 2.45) is 0 Å². The van der Waals surface area contributed by atoms with Crippen LogP contribution in [0.25, 0.3) is 16.7 Å². The monoisotopic (exact) mass is 374 g/mol. The van der Waals surface area contributed by atoms with E-state index in [1.807, 2.05) is 30.3 Å². The van der Waals surface area contributed by atoms with Gasteiger partial charge in [0.25, 0.3) is 0 Å². The number of pyridine rings is 1. The molecule has 1 aromatic carbocycles. The fourth-order valence-electron chi connectivity index (χ4n) is 3.09. The van der Waals surface area contributed by atoms with Gasteiger partial charge >= 0.3 is 5.97 Å². The highest BCUT2D eigenvalue weighted by atomic mass is 16.5. The Labute approximate surface area is 161 Å². The van der Waals surface area contributed by atoms with Crippen molar-refractivity contribution < 1.29 is 14.3 Å². The Balaban J connectivity index is 1.54. The van der Waals surface area contributed by atoms with Gasteiger partial charge in [-0.2, -0.15) is 5.10 Å². The predicted octanol–water partition coefficient (Wildman–Crippen LogP) is 3.49. The molecule has 0 aliphatic carbocycles. The molecular formula is C21H18N4O3. The number of Topliss-reactive ketones (excluding diaryl/α,β-unsaturated/α-hetero) is 1. The second-order valence-corrected chi connectivity index (χ2v) is 6.40. The summed E-state index contributed by atoms with van der Waals surface area (Å²) in [5, 5.41) is 5.01. The zero-order valence-corrected chi connectivity index (χ0v) is 15.4. The Kier molecular flexibility index (Phi) is 4.49. The van der Waals surface area contributed by atoms with Crippen molar-refractivity contribution >= 4 is 22.7 Å². The molecule has 4 rings (SSSR count). The molecule has 7 nitrogen and oxygen atoms in total. The molecule has 0 saturated heterocycles. The van der Waals surface area contributed by atoms with Crippen LogP contribution in [0.2, 0.25) is 0 Å². The SMILES string of the molecule is Cc1c(C(=O)OC(C)C(=O)c2c[nH]c3ccccc23)cnn1-c1ccccn1. The van der Waals surface area contributed by atoms with Gasteiger partial charge in [-0.3, -0.25) is 4.79 Å². The smallest absolute Gasteiger partial charge is 0.342 e. The number of para-hydroxylation sites is 1. The molecule has 3 heterocycles. The molecule has 1 N–H and O–H groups in total. The Morgan fingerprint density at radius 3 is 2.68 bits per heavy atom. The second-order valence-electron chi connectivity index (χ2n) is 6.40. The maximum absolute atomic E-state index is 12.8. The average Bonchev–Trinajstić information content (AvgIpc) is 3.31. The highest BCUT2D eigenvalue weighted by Gasteiger charge is 2.25. The van der Waals surface area contributed by atoms with Crippen LogP contribution in [0, 0.1) is 6.92 Å². The fraction of sp³-hybridized carbons (Fsp3) is 0.143. The number of nitrogens with zero attached hydrogens (tertiary/aromatic N) is 3. The third-order valence-corrected chi connectivity index (χ3v) is 4.60. The van der Waals surface area contributed by atoms with Gasteiger partial charge in [0.2, 0.25) is 5.78 Å². The third-order valence-electron chi connectivity index (χ3n) is 4.60. The van der Waals surface area contributed by atoms with Crippen molar-refractivity contribution in [1.29, 1.82) is 0 Å². The first-order chi connectivity index (χ1) is 13.6. The van der Waals surface area contributed by atoms with E-state index in [0.29, 0.717) is 22.6 Å². The van der Waals surface area contributed by atoms with Gasteiger partial charge in [0, 0.05) is 28.9 Å². The standard InChI is InChI=1S/C21H18N4O3/c1-13-16(12-24-25(13)19-9-5-6-10-22-19)21(27)28-14(2)20(26)17-11-23-18-8-4-3-7-15(17)18/h3-12,14,23H,1-2H3. The lowest BCUT2D eigenvalue weighted by atomic mass is 10.1. The molecule has 28 heavy (non-hydrogen) atoms. The van der Waals surface area contributed by atoms with Crippen molar-refractivity contribution in [3.8, 4) is 5.82 Å². The average molecular weight is 374 g/mol. The highest BCUT2D eigenvalue weighted by molar-refractivity contribution is 6.10. The van der Waals surface area contributed by atoms with Crippen molar-refractivity contribution in [1.82, 2.24) is 19.7 Å². The molecule has 3 aromatic heterocycles. The summed E-state index contributed by atoms with van der Waals surface area (Å²) in [6.45, 7) is 3.32. The number of benzene rings is 1. The summed E-state index contributed by atoms with van der Waals surface area (Å²) in [4.78, 5) is 32.7. The zero-order valence-electron chi connectivity index (χ0n) is 15.4. The van der Waals surface area contributed by atoms with E-state index in [4.69, 9.17) is 4.74 Å². The Morgan fingerprint density at radius 2 is 1.89 bits per heavy atom. The third kappa shape index (κ3) is 3.07. The first-order valence-electron chi connectivity index (χ1n) is 8.83. The quantitative estimate of drug-likeness (QED) is 0.427. The van der Waals surface area contributed by atoms with Gasteiger partial charge < -0.3 is 9.72 Å². The van der Waals surface area contributed by atoms with Crippen LogP contribution in [0.5, 0.6) is 0 Å². The first-order valence-corrected chi connectivity index (χ1v) is 8.83. The van der Waals surface area contributed by atoms with E-state index in [9.17, 15) is 9.59 Å². The lowest BCUT2D eigenvalue weighted by Crippen LogP contribution is -2.24. The van der Waals surface area contributed by atoms with Crippen molar-refractivity contribution in [2.75, 3.05) is 0 Å². The molecule has 1 atom stereocenters. The number of aromatic amines is 1. The van der Waals surface area contributed by atoms with Crippen LogP contribution in [-0.4, -0.2) is 37.6 Å². The zero-order chi connectivity index (χ0) is 19.7. The van der Waals surface area contributed by atoms with Gasteiger partial charge in [0.05, 0.1) is 11.9 Å². The summed E-state index contributed by atoms with van der Waals surface area (Å²) in [7, 11) is 0. The first kappa shape index (κ1) is 17.7. The van der Waals surface area contributed by atoms with Crippen LogP contribution >= 0.6 is 0 Å². The Bertz CT molecular complexity index is 1160. The molecule has 0 aliphatic rings. The van der Waals surface area contributed by atoms with Crippen LogP contribution in [0.4, 0.5) is 0 Å². The molecule has 140 valence electrons. The number of H-pyrrole nitrogens is 1. The lowest BCUT2D eigenvalue weighted by Gasteiger charge is -2.12. The number of hydrogen-bond donors (Lipinski definition) is 1. The largest absolute Gasteiger partial charge is 0.451 e. The van der Waals surface area contributed by atoms with E-state index in [1.165, 1.54) is 6.20 Å². The number of hydrogen-bond acceptors (Lipinski definition) is 5. The molecule has 0 saturated carbocycles. The molecule has 1 unspecified atom stereocenters. The maximum atomic E-state index is 12.8. The lowest BCUT2D eigenvalue weighted by molar-refractivity contribution is 0.0318. The summed E-state index contributed by atoms with van der Waals surface area (Å²) in [6.07, 6.45) is 3.79. The molecular weight excluding hydrogens is 356 g/mol. The number of ketones is 1.